The topological polar surface area (TPSA) is 33.1 Å². The summed E-state index contributed by atoms with van der Waals surface area (Å²) in [4.78, 5) is 2.73. The van der Waals surface area contributed by atoms with E-state index in [0.29, 0.717) is 6.04 Å². The standard InChI is InChI=1S/C15H26N4/c1-3-14-11-19(15(9-16-14)13-4-5-13)7-6-12-8-17-18(2)10-12/h8,10,13-16H,3-7,9,11H2,1-2H3. The maximum absolute atomic E-state index is 4.26. The van der Waals surface area contributed by atoms with E-state index in [-0.39, 0.29) is 0 Å². The lowest BCUT2D eigenvalue weighted by atomic mass is 10.0. The molecule has 2 atom stereocenters. The van der Waals surface area contributed by atoms with Gasteiger partial charge in [0.05, 0.1) is 6.20 Å². The van der Waals surface area contributed by atoms with Crippen molar-refractivity contribution in [3.05, 3.63) is 18.0 Å². The number of nitrogens with one attached hydrogen (secondary N) is 1. The van der Waals surface area contributed by atoms with Crippen LogP contribution in [0.4, 0.5) is 0 Å². The molecular weight excluding hydrogens is 236 g/mol. The van der Waals surface area contributed by atoms with Crippen molar-refractivity contribution in [3.63, 3.8) is 0 Å². The van der Waals surface area contributed by atoms with Gasteiger partial charge in [-0.25, -0.2) is 0 Å². The van der Waals surface area contributed by atoms with Crippen molar-refractivity contribution in [1.29, 1.82) is 0 Å². The van der Waals surface area contributed by atoms with Gasteiger partial charge in [0.2, 0.25) is 0 Å². The summed E-state index contributed by atoms with van der Waals surface area (Å²) in [5.41, 5.74) is 1.36. The van der Waals surface area contributed by atoms with Gasteiger partial charge >= 0.3 is 0 Å². The molecule has 0 amide bonds. The van der Waals surface area contributed by atoms with E-state index < -0.39 is 0 Å². The summed E-state index contributed by atoms with van der Waals surface area (Å²) in [6, 6.07) is 1.46. The first kappa shape index (κ1) is 13.1. The molecule has 0 bridgehead atoms. The van der Waals surface area contributed by atoms with Crippen LogP contribution in [0.15, 0.2) is 12.4 Å². The molecule has 1 aromatic heterocycles. The molecule has 0 spiro atoms. The van der Waals surface area contributed by atoms with Gasteiger partial charge in [0.1, 0.15) is 0 Å². The first-order valence-corrected chi connectivity index (χ1v) is 7.71. The number of aryl methyl sites for hydroxylation is 1. The van der Waals surface area contributed by atoms with E-state index in [1.54, 1.807) is 0 Å². The number of rotatable bonds is 5. The smallest absolute Gasteiger partial charge is 0.0522 e. The van der Waals surface area contributed by atoms with Crippen molar-refractivity contribution < 1.29 is 0 Å². The lowest BCUT2D eigenvalue weighted by Crippen LogP contribution is -2.57. The normalized spacial score (nSPS) is 28.7. The molecule has 1 aliphatic heterocycles. The summed E-state index contributed by atoms with van der Waals surface area (Å²) in [6.07, 6.45) is 9.39. The minimum Gasteiger partial charge on any atom is -0.311 e. The van der Waals surface area contributed by atoms with E-state index in [0.717, 1.165) is 18.4 Å². The predicted molar refractivity (Wildman–Crippen MR) is 77.1 cm³/mol. The van der Waals surface area contributed by atoms with Gasteiger partial charge in [-0.15, -0.1) is 0 Å². The Bertz CT molecular complexity index is 410. The molecule has 1 saturated heterocycles. The van der Waals surface area contributed by atoms with Gasteiger partial charge < -0.3 is 5.32 Å². The quantitative estimate of drug-likeness (QED) is 0.871. The van der Waals surface area contributed by atoms with Crippen LogP contribution in [-0.4, -0.2) is 46.4 Å². The number of aromatic nitrogens is 2. The third kappa shape index (κ3) is 3.18. The highest BCUT2D eigenvalue weighted by atomic mass is 15.3. The van der Waals surface area contributed by atoms with E-state index in [9.17, 15) is 0 Å². The molecule has 1 aliphatic carbocycles. The van der Waals surface area contributed by atoms with E-state index in [4.69, 9.17) is 0 Å². The fourth-order valence-electron chi connectivity index (χ4n) is 3.25. The first-order chi connectivity index (χ1) is 9.26. The number of piperazine rings is 1. The zero-order valence-corrected chi connectivity index (χ0v) is 12.2. The fourth-order valence-corrected chi connectivity index (χ4v) is 3.25. The summed E-state index contributed by atoms with van der Waals surface area (Å²) in [7, 11) is 1.99. The second kappa shape index (κ2) is 5.63. The molecule has 2 fully saturated rings. The molecule has 1 N–H and O–H groups in total. The van der Waals surface area contributed by atoms with Crippen LogP contribution in [0.5, 0.6) is 0 Å². The Kier molecular flexibility index (Phi) is 3.89. The van der Waals surface area contributed by atoms with Gasteiger partial charge in [0.15, 0.2) is 0 Å². The third-order valence-electron chi connectivity index (χ3n) is 4.64. The zero-order valence-electron chi connectivity index (χ0n) is 12.2. The van der Waals surface area contributed by atoms with Gasteiger partial charge in [0, 0.05) is 45.0 Å². The number of hydrogen-bond acceptors (Lipinski definition) is 3. The molecular formula is C15H26N4. The lowest BCUT2D eigenvalue weighted by Gasteiger charge is -2.40. The summed E-state index contributed by atoms with van der Waals surface area (Å²) >= 11 is 0. The number of hydrogen-bond donors (Lipinski definition) is 1. The van der Waals surface area contributed by atoms with E-state index in [1.807, 2.05) is 17.9 Å². The Hall–Kier alpha value is -0.870. The van der Waals surface area contributed by atoms with Crippen molar-refractivity contribution in [2.45, 2.75) is 44.7 Å². The number of nitrogens with zero attached hydrogens (tertiary/aromatic N) is 3. The summed E-state index contributed by atoms with van der Waals surface area (Å²) in [5.74, 6) is 0.958. The predicted octanol–water partition coefficient (Wildman–Crippen LogP) is 1.42. The van der Waals surface area contributed by atoms with Crippen LogP contribution in [0, 0.1) is 5.92 Å². The molecule has 4 heteroatoms. The molecule has 19 heavy (non-hydrogen) atoms. The fraction of sp³-hybridized carbons (Fsp3) is 0.800. The molecule has 1 saturated carbocycles. The highest BCUT2D eigenvalue weighted by Crippen LogP contribution is 2.36. The maximum Gasteiger partial charge on any atom is 0.0522 e. The van der Waals surface area contributed by atoms with Gasteiger partial charge in [0.25, 0.3) is 0 Å². The van der Waals surface area contributed by atoms with Gasteiger partial charge in [-0.1, -0.05) is 6.92 Å². The van der Waals surface area contributed by atoms with E-state index in [2.05, 4.69) is 28.4 Å². The Morgan fingerprint density at radius 2 is 2.26 bits per heavy atom. The highest BCUT2D eigenvalue weighted by Gasteiger charge is 2.38. The molecule has 106 valence electrons. The molecule has 0 radical (unpaired) electrons. The lowest BCUT2D eigenvalue weighted by molar-refractivity contribution is 0.115. The SMILES string of the molecule is CCC1CN(CCc2cnn(C)c2)C(C2CC2)CN1. The molecule has 2 unspecified atom stereocenters. The van der Waals surface area contributed by atoms with Crippen molar-refractivity contribution in [3.8, 4) is 0 Å². The van der Waals surface area contributed by atoms with Gasteiger partial charge in [-0.3, -0.25) is 9.58 Å². The van der Waals surface area contributed by atoms with Crippen molar-refractivity contribution in [1.82, 2.24) is 20.0 Å². The Labute approximate surface area is 116 Å². The molecule has 4 nitrogen and oxygen atoms in total. The van der Waals surface area contributed by atoms with Crippen LogP contribution >= 0.6 is 0 Å². The molecule has 2 heterocycles. The Morgan fingerprint density at radius 3 is 2.89 bits per heavy atom. The maximum atomic E-state index is 4.26. The van der Waals surface area contributed by atoms with Crippen LogP contribution in [0.25, 0.3) is 0 Å². The van der Waals surface area contributed by atoms with Crippen LogP contribution in [0.3, 0.4) is 0 Å². The van der Waals surface area contributed by atoms with Crippen LogP contribution in [0.1, 0.15) is 31.7 Å². The van der Waals surface area contributed by atoms with Crippen molar-refractivity contribution in [2.75, 3.05) is 19.6 Å². The average molecular weight is 262 g/mol. The molecule has 1 aromatic rings. The van der Waals surface area contributed by atoms with Gasteiger partial charge in [-0.2, -0.15) is 5.10 Å². The van der Waals surface area contributed by atoms with Gasteiger partial charge in [-0.05, 0) is 37.2 Å². The largest absolute Gasteiger partial charge is 0.311 e. The molecule has 0 aromatic carbocycles. The second-order valence-electron chi connectivity index (χ2n) is 6.19. The molecule has 3 rings (SSSR count). The zero-order chi connectivity index (χ0) is 13.2. The minimum atomic E-state index is 0.684. The summed E-state index contributed by atoms with van der Waals surface area (Å²) in [6.45, 7) is 5.88. The summed E-state index contributed by atoms with van der Waals surface area (Å²) < 4.78 is 1.90. The van der Waals surface area contributed by atoms with Crippen molar-refractivity contribution >= 4 is 0 Å². The monoisotopic (exact) mass is 262 g/mol. The average Bonchev–Trinajstić information content (AvgIpc) is 3.19. The second-order valence-corrected chi connectivity index (χ2v) is 6.19. The van der Waals surface area contributed by atoms with Crippen molar-refractivity contribution in [2.24, 2.45) is 13.0 Å². The Morgan fingerprint density at radius 1 is 1.42 bits per heavy atom. The highest BCUT2D eigenvalue weighted by molar-refractivity contribution is 5.05. The minimum absolute atomic E-state index is 0.684. The van der Waals surface area contributed by atoms with Crippen LogP contribution in [0.2, 0.25) is 0 Å². The third-order valence-corrected chi connectivity index (χ3v) is 4.64. The van der Waals surface area contributed by atoms with E-state index >= 15 is 0 Å². The van der Waals surface area contributed by atoms with E-state index in [1.165, 1.54) is 44.5 Å². The van der Waals surface area contributed by atoms with Crippen LogP contribution < -0.4 is 5.32 Å². The van der Waals surface area contributed by atoms with Crippen LogP contribution in [-0.2, 0) is 13.5 Å². The molecule has 2 aliphatic rings. The summed E-state index contributed by atoms with van der Waals surface area (Å²) in [5, 5.41) is 7.98. The first-order valence-electron chi connectivity index (χ1n) is 7.71. The Balaban J connectivity index is 1.58.